The van der Waals surface area contributed by atoms with Crippen LogP contribution in [-0.2, 0) is 0 Å². The summed E-state index contributed by atoms with van der Waals surface area (Å²) in [6, 6.07) is 16.9. The number of hydroxylamine groups is 2. The molecule has 1 atom stereocenters. The van der Waals surface area contributed by atoms with Gasteiger partial charge in [0.15, 0.2) is 6.17 Å². The summed E-state index contributed by atoms with van der Waals surface area (Å²) >= 11 is 0. The van der Waals surface area contributed by atoms with E-state index in [2.05, 4.69) is 10.4 Å². The standard InChI is InChI=1S/C19H18N4O2/c1-12-17(13(2)22(21-12)14-8-4-3-5-9-14)18-20-16-11-7-6-10-15(16)19(24)23(18)25/h3-11,18,20,25H,1-2H3/t18-/m1/s1. The van der Waals surface area contributed by atoms with Crippen molar-refractivity contribution in [1.82, 2.24) is 14.8 Å². The lowest BCUT2D eigenvalue weighted by atomic mass is 10.0. The Bertz CT molecular complexity index is 949. The number of nitrogens with zero attached hydrogens (tertiary/aromatic N) is 3. The van der Waals surface area contributed by atoms with Crippen molar-refractivity contribution in [1.29, 1.82) is 0 Å². The van der Waals surface area contributed by atoms with Crippen LogP contribution in [-0.4, -0.2) is 26.0 Å². The van der Waals surface area contributed by atoms with Crippen LogP contribution in [0.4, 0.5) is 5.69 Å². The summed E-state index contributed by atoms with van der Waals surface area (Å²) in [5.74, 6) is -0.425. The summed E-state index contributed by atoms with van der Waals surface area (Å²) in [6.07, 6.45) is -0.681. The second-order valence-corrected chi connectivity index (χ2v) is 6.07. The zero-order valence-corrected chi connectivity index (χ0v) is 14.0. The number of aromatic nitrogens is 2. The Labute approximate surface area is 145 Å². The number of para-hydroxylation sites is 2. The largest absolute Gasteiger partial charge is 0.359 e. The lowest BCUT2D eigenvalue weighted by Crippen LogP contribution is -2.41. The number of nitrogens with one attached hydrogen (secondary N) is 1. The first-order valence-corrected chi connectivity index (χ1v) is 8.07. The van der Waals surface area contributed by atoms with Gasteiger partial charge >= 0.3 is 0 Å². The smallest absolute Gasteiger partial charge is 0.281 e. The van der Waals surface area contributed by atoms with E-state index in [1.54, 1.807) is 12.1 Å². The fraction of sp³-hybridized carbons (Fsp3) is 0.158. The fourth-order valence-corrected chi connectivity index (χ4v) is 3.31. The van der Waals surface area contributed by atoms with Crippen molar-refractivity contribution < 1.29 is 10.0 Å². The Morgan fingerprint density at radius 2 is 1.72 bits per heavy atom. The molecular formula is C19H18N4O2. The highest BCUT2D eigenvalue weighted by Gasteiger charge is 2.35. The summed E-state index contributed by atoms with van der Waals surface area (Å²) in [5.41, 5.74) is 4.49. The maximum Gasteiger partial charge on any atom is 0.281 e. The van der Waals surface area contributed by atoms with Crippen LogP contribution in [0.2, 0.25) is 0 Å². The molecule has 1 aliphatic heterocycles. The van der Waals surface area contributed by atoms with E-state index in [0.29, 0.717) is 11.3 Å². The molecule has 1 aliphatic rings. The molecule has 2 aromatic carbocycles. The molecule has 1 amide bonds. The number of fused-ring (bicyclic) bond motifs is 1. The zero-order chi connectivity index (χ0) is 17.6. The van der Waals surface area contributed by atoms with Crippen molar-refractivity contribution in [3.8, 4) is 5.69 Å². The van der Waals surface area contributed by atoms with Crippen molar-refractivity contribution in [2.24, 2.45) is 0 Å². The number of carbonyl (C=O) groups is 1. The van der Waals surface area contributed by atoms with Gasteiger partial charge in [0.1, 0.15) is 0 Å². The van der Waals surface area contributed by atoms with Crippen molar-refractivity contribution >= 4 is 11.6 Å². The van der Waals surface area contributed by atoms with Crippen molar-refractivity contribution in [3.63, 3.8) is 0 Å². The van der Waals surface area contributed by atoms with E-state index in [-0.39, 0.29) is 0 Å². The van der Waals surface area contributed by atoms with E-state index in [1.165, 1.54) is 0 Å². The van der Waals surface area contributed by atoms with E-state index in [9.17, 15) is 10.0 Å². The number of benzene rings is 2. The molecule has 2 heterocycles. The van der Waals surface area contributed by atoms with Crippen molar-refractivity contribution in [2.75, 3.05) is 5.32 Å². The molecule has 25 heavy (non-hydrogen) atoms. The first-order valence-electron chi connectivity index (χ1n) is 8.07. The van der Waals surface area contributed by atoms with Gasteiger partial charge in [0, 0.05) is 16.9 Å². The second-order valence-electron chi connectivity index (χ2n) is 6.07. The molecule has 0 fully saturated rings. The number of anilines is 1. The van der Waals surface area contributed by atoms with E-state index >= 15 is 0 Å². The van der Waals surface area contributed by atoms with Crippen LogP contribution >= 0.6 is 0 Å². The number of aryl methyl sites for hydroxylation is 1. The molecule has 1 aromatic heterocycles. The first kappa shape index (κ1) is 15.4. The Morgan fingerprint density at radius 3 is 2.48 bits per heavy atom. The highest BCUT2D eigenvalue weighted by atomic mass is 16.5. The maximum atomic E-state index is 12.5. The molecule has 3 aromatic rings. The minimum Gasteiger partial charge on any atom is -0.359 e. The third-order valence-corrected chi connectivity index (χ3v) is 4.52. The van der Waals surface area contributed by atoms with E-state index in [0.717, 1.165) is 27.7 Å². The molecular weight excluding hydrogens is 316 g/mol. The average molecular weight is 334 g/mol. The van der Waals surface area contributed by atoms with Gasteiger partial charge < -0.3 is 5.32 Å². The van der Waals surface area contributed by atoms with Gasteiger partial charge in [0.05, 0.1) is 16.9 Å². The van der Waals surface area contributed by atoms with Gasteiger partial charge in [0.2, 0.25) is 0 Å². The van der Waals surface area contributed by atoms with E-state index in [1.807, 2.05) is 61.0 Å². The molecule has 0 bridgehead atoms. The molecule has 0 saturated heterocycles. The van der Waals surface area contributed by atoms with Gasteiger partial charge in [-0.1, -0.05) is 30.3 Å². The third kappa shape index (κ3) is 2.38. The number of rotatable bonds is 2. The van der Waals surface area contributed by atoms with Crippen LogP contribution in [0.15, 0.2) is 54.6 Å². The molecule has 0 saturated carbocycles. The quantitative estimate of drug-likeness (QED) is 0.704. The second kappa shape index (κ2) is 5.75. The average Bonchev–Trinajstić information content (AvgIpc) is 2.93. The summed E-state index contributed by atoms with van der Waals surface area (Å²) in [5, 5.41) is 19.0. The first-order chi connectivity index (χ1) is 12.1. The van der Waals surface area contributed by atoms with Gasteiger partial charge in [-0.3, -0.25) is 10.0 Å². The Balaban J connectivity index is 1.81. The number of hydrogen-bond acceptors (Lipinski definition) is 4. The lowest BCUT2D eigenvalue weighted by molar-refractivity contribution is -0.0853. The Kier molecular flexibility index (Phi) is 3.54. The van der Waals surface area contributed by atoms with Crippen LogP contribution in [0.1, 0.15) is 33.5 Å². The molecule has 0 radical (unpaired) electrons. The fourth-order valence-electron chi connectivity index (χ4n) is 3.31. The third-order valence-electron chi connectivity index (χ3n) is 4.52. The topological polar surface area (TPSA) is 70.4 Å². The van der Waals surface area contributed by atoms with Gasteiger partial charge in [-0.25, -0.2) is 4.68 Å². The summed E-state index contributed by atoms with van der Waals surface area (Å²) in [7, 11) is 0. The predicted molar refractivity (Wildman–Crippen MR) is 93.8 cm³/mol. The Hall–Kier alpha value is -3.12. The Morgan fingerprint density at radius 1 is 1.04 bits per heavy atom. The van der Waals surface area contributed by atoms with Gasteiger partial charge in [-0.15, -0.1) is 0 Å². The molecule has 6 nitrogen and oxygen atoms in total. The molecule has 2 N–H and O–H groups in total. The number of hydrogen-bond donors (Lipinski definition) is 2. The number of carbonyl (C=O) groups excluding carboxylic acids is 1. The molecule has 0 unspecified atom stereocenters. The van der Waals surface area contributed by atoms with Crippen LogP contribution < -0.4 is 5.32 Å². The van der Waals surface area contributed by atoms with Crippen molar-refractivity contribution in [3.05, 3.63) is 77.1 Å². The highest BCUT2D eigenvalue weighted by molar-refractivity contribution is 6.01. The summed E-state index contributed by atoms with van der Waals surface area (Å²) < 4.78 is 1.82. The van der Waals surface area contributed by atoms with E-state index < -0.39 is 12.1 Å². The SMILES string of the molecule is Cc1nn(-c2ccccc2)c(C)c1[C@@H]1Nc2ccccc2C(=O)N1O. The zero-order valence-electron chi connectivity index (χ0n) is 14.0. The van der Waals surface area contributed by atoms with Crippen LogP contribution in [0, 0.1) is 13.8 Å². The minimum absolute atomic E-state index is 0.425. The van der Waals surface area contributed by atoms with Crippen molar-refractivity contribution in [2.45, 2.75) is 20.0 Å². The maximum absolute atomic E-state index is 12.5. The molecule has 0 aliphatic carbocycles. The van der Waals surface area contributed by atoms with E-state index in [4.69, 9.17) is 0 Å². The number of amides is 1. The normalized spacial score (nSPS) is 16.5. The molecule has 4 rings (SSSR count). The summed E-state index contributed by atoms with van der Waals surface area (Å²) in [4.78, 5) is 12.5. The van der Waals surface area contributed by atoms with Crippen LogP contribution in [0.3, 0.4) is 0 Å². The predicted octanol–water partition coefficient (Wildman–Crippen LogP) is 3.44. The van der Waals surface area contributed by atoms with Crippen LogP contribution in [0.25, 0.3) is 5.69 Å². The summed E-state index contributed by atoms with van der Waals surface area (Å²) in [6.45, 7) is 3.81. The minimum atomic E-state index is -0.681. The molecule has 6 heteroatoms. The monoisotopic (exact) mass is 334 g/mol. The molecule has 126 valence electrons. The van der Waals surface area contributed by atoms with Gasteiger partial charge in [0.25, 0.3) is 5.91 Å². The lowest BCUT2D eigenvalue weighted by Gasteiger charge is -2.33. The molecule has 0 spiro atoms. The highest BCUT2D eigenvalue weighted by Crippen LogP contribution is 2.34. The van der Waals surface area contributed by atoms with Gasteiger partial charge in [-0.2, -0.15) is 10.2 Å². The van der Waals surface area contributed by atoms with Gasteiger partial charge in [-0.05, 0) is 38.1 Å². The van der Waals surface area contributed by atoms with Crippen LogP contribution in [0.5, 0.6) is 0 Å².